The predicted octanol–water partition coefficient (Wildman–Crippen LogP) is 4.83. The molecule has 0 unspecified atom stereocenters. The van der Waals surface area contributed by atoms with Gasteiger partial charge in [0.15, 0.2) is 0 Å². The SMILES string of the molecule is Cl.FC[C@H](c1ccccc1Sc1ccc(Cl)cc1)N1CCNCC1. The number of rotatable bonds is 5. The second-order valence-corrected chi connectivity index (χ2v) is 7.10. The molecule has 3 rings (SSSR count). The van der Waals surface area contributed by atoms with Gasteiger partial charge in [-0.15, -0.1) is 12.4 Å². The number of nitrogens with zero attached hydrogens (tertiary/aromatic N) is 1. The van der Waals surface area contributed by atoms with Gasteiger partial charge in [-0.05, 0) is 35.9 Å². The maximum Gasteiger partial charge on any atom is 0.109 e. The van der Waals surface area contributed by atoms with Crippen LogP contribution in [-0.4, -0.2) is 37.8 Å². The van der Waals surface area contributed by atoms with Crippen molar-refractivity contribution in [2.45, 2.75) is 15.8 Å². The first-order valence-electron chi connectivity index (χ1n) is 7.81. The van der Waals surface area contributed by atoms with Crippen LogP contribution in [0.4, 0.5) is 4.39 Å². The fraction of sp³-hybridized carbons (Fsp3) is 0.333. The average Bonchev–Trinajstić information content (AvgIpc) is 2.60. The molecule has 0 spiro atoms. The fourth-order valence-corrected chi connectivity index (χ4v) is 3.97. The zero-order valence-corrected chi connectivity index (χ0v) is 15.6. The Kier molecular flexibility index (Phi) is 7.85. The molecule has 2 aromatic rings. The van der Waals surface area contributed by atoms with E-state index >= 15 is 0 Å². The lowest BCUT2D eigenvalue weighted by Gasteiger charge is -2.34. The molecule has 6 heteroatoms. The summed E-state index contributed by atoms with van der Waals surface area (Å²) >= 11 is 7.61. The van der Waals surface area contributed by atoms with Crippen LogP contribution in [0.2, 0.25) is 5.02 Å². The van der Waals surface area contributed by atoms with Gasteiger partial charge in [-0.1, -0.05) is 41.6 Å². The molecule has 1 fully saturated rings. The minimum Gasteiger partial charge on any atom is -0.314 e. The van der Waals surface area contributed by atoms with Crippen molar-refractivity contribution < 1.29 is 4.39 Å². The van der Waals surface area contributed by atoms with E-state index in [1.165, 1.54) is 0 Å². The molecule has 1 aliphatic rings. The molecule has 2 aromatic carbocycles. The Labute approximate surface area is 158 Å². The van der Waals surface area contributed by atoms with Gasteiger partial charge in [0.05, 0.1) is 6.04 Å². The first kappa shape index (κ1) is 19.5. The quantitative estimate of drug-likeness (QED) is 0.791. The van der Waals surface area contributed by atoms with Crippen molar-refractivity contribution >= 4 is 35.8 Å². The number of alkyl halides is 1. The van der Waals surface area contributed by atoms with Crippen molar-refractivity contribution in [3.63, 3.8) is 0 Å². The molecule has 130 valence electrons. The van der Waals surface area contributed by atoms with Crippen LogP contribution < -0.4 is 5.32 Å². The highest BCUT2D eigenvalue weighted by molar-refractivity contribution is 7.99. The smallest absolute Gasteiger partial charge is 0.109 e. The van der Waals surface area contributed by atoms with E-state index in [9.17, 15) is 4.39 Å². The molecule has 0 radical (unpaired) electrons. The first-order valence-corrected chi connectivity index (χ1v) is 9.00. The molecule has 0 bridgehead atoms. The third-order valence-electron chi connectivity index (χ3n) is 4.06. The summed E-state index contributed by atoms with van der Waals surface area (Å²) in [6, 6.07) is 15.7. The molecule has 0 saturated carbocycles. The lowest BCUT2D eigenvalue weighted by atomic mass is 10.1. The maximum atomic E-state index is 13.8. The summed E-state index contributed by atoms with van der Waals surface area (Å²) in [4.78, 5) is 4.45. The lowest BCUT2D eigenvalue weighted by Crippen LogP contribution is -2.45. The third-order valence-corrected chi connectivity index (χ3v) is 5.41. The normalized spacial score (nSPS) is 16.4. The minimum atomic E-state index is -0.363. The van der Waals surface area contributed by atoms with Gasteiger partial charge in [0.25, 0.3) is 0 Å². The zero-order valence-electron chi connectivity index (χ0n) is 13.3. The second-order valence-electron chi connectivity index (χ2n) is 5.55. The van der Waals surface area contributed by atoms with Crippen molar-refractivity contribution in [2.75, 3.05) is 32.9 Å². The summed E-state index contributed by atoms with van der Waals surface area (Å²) in [5.74, 6) is 0. The summed E-state index contributed by atoms with van der Waals surface area (Å²) in [5.41, 5.74) is 1.07. The van der Waals surface area contributed by atoms with Gasteiger partial charge < -0.3 is 5.32 Å². The molecular formula is C18H21Cl2FN2S. The van der Waals surface area contributed by atoms with E-state index in [4.69, 9.17) is 11.6 Å². The number of halogens is 3. The number of hydrogen-bond acceptors (Lipinski definition) is 3. The van der Waals surface area contributed by atoms with Crippen LogP contribution in [-0.2, 0) is 0 Å². The van der Waals surface area contributed by atoms with Gasteiger partial charge in [0.1, 0.15) is 6.67 Å². The van der Waals surface area contributed by atoms with Gasteiger partial charge in [0.2, 0.25) is 0 Å². The lowest BCUT2D eigenvalue weighted by molar-refractivity contribution is 0.146. The van der Waals surface area contributed by atoms with Gasteiger partial charge in [-0.25, -0.2) is 4.39 Å². The Hall–Kier alpha value is -0.780. The highest BCUT2D eigenvalue weighted by atomic mass is 35.5. The van der Waals surface area contributed by atoms with E-state index in [0.717, 1.165) is 46.6 Å². The van der Waals surface area contributed by atoms with Crippen LogP contribution in [0.15, 0.2) is 58.3 Å². The highest BCUT2D eigenvalue weighted by Crippen LogP contribution is 2.36. The summed E-state index contributed by atoms with van der Waals surface area (Å²) < 4.78 is 13.8. The van der Waals surface area contributed by atoms with Crippen LogP contribution >= 0.6 is 35.8 Å². The molecule has 2 nitrogen and oxygen atoms in total. The zero-order chi connectivity index (χ0) is 16.1. The molecule has 1 N–H and O–H groups in total. The van der Waals surface area contributed by atoms with Gasteiger partial charge in [-0.2, -0.15) is 0 Å². The molecular weight excluding hydrogens is 366 g/mol. The molecule has 1 aliphatic heterocycles. The van der Waals surface area contributed by atoms with E-state index in [2.05, 4.69) is 16.3 Å². The Morgan fingerprint density at radius 2 is 1.75 bits per heavy atom. The predicted molar refractivity (Wildman–Crippen MR) is 102 cm³/mol. The Morgan fingerprint density at radius 1 is 1.08 bits per heavy atom. The Morgan fingerprint density at radius 3 is 2.42 bits per heavy atom. The van der Waals surface area contributed by atoms with Crippen LogP contribution in [0, 0.1) is 0 Å². The maximum absolute atomic E-state index is 13.8. The second kappa shape index (κ2) is 9.64. The largest absolute Gasteiger partial charge is 0.314 e. The highest BCUT2D eigenvalue weighted by Gasteiger charge is 2.24. The van der Waals surface area contributed by atoms with Crippen LogP contribution in [0.25, 0.3) is 0 Å². The van der Waals surface area contributed by atoms with Crippen LogP contribution in [0.5, 0.6) is 0 Å². The van der Waals surface area contributed by atoms with Crippen molar-refractivity contribution in [1.29, 1.82) is 0 Å². The van der Waals surface area contributed by atoms with E-state index in [1.807, 2.05) is 42.5 Å². The third kappa shape index (κ3) is 4.87. The van der Waals surface area contributed by atoms with E-state index < -0.39 is 0 Å². The van der Waals surface area contributed by atoms with Gasteiger partial charge in [-0.3, -0.25) is 4.90 Å². The van der Waals surface area contributed by atoms with Crippen molar-refractivity contribution in [3.8, 4) is 0 Å². The Bertz CT molecular complexity index is 633. The standard InChI is InChI=1S/C18H20ClFN2S.ClH/c19-14-5-7-15(8-6-14)23-18-4-2-1-3-16(18)17(13-20)22-11-9-21-10-12-22;/h1-8,17,21H,9-13H2;1H/t17-;/m1./s1. The number of piperazine rings is 1. The van der Waals surface area contributed by atoms with Crippen LogP contribution in [0.3, 0.4) is 0 Å². The fourth-order valence-electron chi connectivity index (χ4n) is 2.85. The Balaban J connectivity index is 0.00000208. The summed E-state index contributed by atoms with van der Waals surface area (Å²) in [6.07, 6.45) is 0. The minimum absolute atomic E-state index is 0. The number of nitrogens with one attached hydrogen (secondary N) is 1. The van der Waals surface area contributed by atoms with Crippen molar-refractivity contribution in [3.05, 3.63) is 59.1 Å². The summed E-state index contributed by atoms with van der Waals surface area (Å²) in [6.45, 7) is 3.24. The van der Waals surface area contributed by atoms with Gasteiger partial charge in [0, 0.05) is 41.0 Å². The van der Waals surface area contributed by atoms with E-state index in [-0.39, 0.29) is 25.1 Å². The molecule has 24 heavy (non-hydrogen) atoms. The number of hydrogen-bond donors (Lipinski definition) is 1. The first-order chi connectivity index (χ1) is 11.3. The monoisotopic (exact) mass is 386 g/mol. The molecule has 1 saturated heterocycles. The number of benzene rings is 2. The average molecular weight is 387 g/mol. The molecule has 0 aromatic heterocycles. The summed E-state index contributed by atoms with van der Waals surface area (Å²) in [5, 5.41) is 4.05. The van der Waals surface area contributed by atoms with E-state index in [1.54, 1.807) is 11.8 Å². The molecule has 1 atom stereocenters. The topological polar surface area (TPSA) is 15.3 Å². The van der Waals surface area contributed by atoms with Gasteiger partial charge >= 0.3 is 0 Å². The van der Waals surface area contributed by atoms with Crippen molar-refractivity contribution in [2.24, 2.45) is 0 Å². The molecule has 1 heterocycles. The van der Waals surface area contributed by atoms with E-state index in [0.29, 0.717) is 0 Å². The molecule has 0 amide bonds. The molecule has 0 aliphatic carbocycles. The van der Waals surface area contributed by atoms with Crippen molar-refractivity contribution in [1.82, 2.24) is 10.2 Å². The van der Waals surface area contributed by atoms with Crippen LogP contribution in [0.1, 0.15) is 11.6 Å². The summed E-state index contributed by atoms with van der Waals surface area (Å²) in [7, 11) is 0.